The minimum absolute atomic E-state index is 0.141. The number of aliphatic hydroxyl groups is 3. The van der Waals surface area contributed by atoms with Crippen LogP contribution in [0.1, 0.15) is 11.8 Å². The zero-order valence-corrected chi connectivity index (χ0v) is 10.8. The lowest BCUT2D eigenvalue weighted by molar-refractivity contribution is -0.0508. The second-order valence-corrected chi connectivity index (χ2v) is 4.75. The van der Waals surface area contributed by atoms with Crippen LogP contribution in [-0.4, -0.2) is 54.8 Å². The molecule has 1 fully saturated rings. The zero-order chi connectivity index (χ0) is 15.1. The number of nitrogens with zero attached hydrogens (tertiary/aromatic N) is 4. The molecule has 4 atom stereocenters. The molecule has 1 unspecified atom stereocenters. The van der Waals surface area contributed by atoms with E-state index in [4.69, 9.17) is 20.8 Å². The highest BCUT2D eigenvalue weighted by molar-refractivity contribution is 5.91. The van der Waals surface area contributed by atoms with Gasteiger partial charge < -0.3 is 30.4 Å². The second-order valence-electron chi connectivity index (χ2n) is 4.75. The van der Waals surface area contributed by atoms with Gasteiger partial charge in [0.25, 0.3) is 0 Å². The Bertz CT molecular complexity index is 724. The van der Waals surface area contributed by atoms with Gasteiger partial charge in [0, 0.05) is 6.20 Å². The summed E-state index contributed by atoms with van der Waals surface area (Å²) in [4.78, 5) is 7.88. The molecule has 5 N–H and O–H groups in total. The third-order valence-corrected chi connectivity index (χ3v) is 3.55. The minimum atomic E-state index is -1.26. The summed E-state index contributed by atoms with van der Waals surface area (Å²) in [6, 6.07) is 1.98. The molecular weight excluding hydrogens is 278 g/mol. The number of ether oxygens (including phenoxy) is 1. The number of fused-ring (bicyclic) bond motifs is 1. The van der Waals surface area contributed by atoms with Crippen molar-refractivity contribution in [3.05, 3.63) is 18.1 Å². The predicted molar refractivity (Wildman–Crippen MR) is 69.7 cm³/mol. The average molecular weight is 291 g/mol. The van der Waals surface area contributed by atoms with E-state index >= 15 is 0 Å². The summed E-state index contributed by atoms with van der Waals surface area (Å²) in [5.41, 5.74) is 6.30. The number of anilines is 1. The summed E-state index contributed by atoms with van der Waals surface area (Å²) in [7, 11) is 0. The number of hydrogen-bond acceptors (Lipinski definition) is 8. The molecule has 9 heteroatoms. The number of hydrogen-bond donors (Lipinski definition) is 4. The summed E-state index contributed by atoms with van der Waals surface area (Å²) < 4.78 is 6.84. The first-order valence-electron chi connectivity index (χ1n) is 6.22. The molecule has 0 spiro atoms. The fourth-order valence-electron chi connectivity index (χ4n) is 2.50. The van der Waals surface area contributed by atoms with E-state index in [-0.39, 0.29) is 11.4 Å². The van der Waals surface area contributed by atoms with Crippen molar-refractivity contribution < 1.29 is 20.1 Å². The molecule has 2 aromatic heterocycles. The quantitative estimate of drug-likeness (QED) is 0.521. The lowest BCUT2D eigenvalue weighted by atomic mass is 10.1. The predicted octanol–water partition coefficient (Wildman–Crippen LogP) is -1.50. The van der Waals surface area contributed by atoms with Crippen molar-refractivity contribution in [2.45, 2.75) is 24.5 Å². The fraction of sp³-hybridized carbons (Fsp3) is 0.417. The van der Waals surface area contributed by atoms with Crippen molar-refractivity contribution in [3.63, 3.8) is 0 Å². The number of rotatable bonds is 2. The van der Waals surface area contributed by atoms with Crippen molar-refractivity contribution >= 4 is 16.9 Å². The van der Waals surface area contributed by atoms with Crippen LogP contribution in [0.5, 0.6) is 0 Å². The van der Waals surface area contributed by atoms with Crippen molar-refractivity contribution in [2.24, 2.45) is 0 Å². The summed E-state index contributed by atoms with van der Waals surface area (Å²) in [6.45, 7) is -0.434. The standard InChI is InChI=1S/C12H13N5O4/c13-1-5-2-17(11-7(5)10(14)15-4-16-11)12-9(20)8(19)6(3-18)21-12/h2,4,6,8-9,12,18-20H,3H2,(H2,14,15,16)/t6?,8-,9+,12-/m1/s1. The molecule has 1 saturated heterocycles. The molecule has 9 nitrogen and oxygen atoms in total. The maximum absolute atomic E-state index is 10.1. The summed E-state index contributed by atoms with van der Waals surface area (Å²) in [5.74, 6) is 0.141. The first-order chi connectivity index (χ1) is 10.1. The number of nitrogen functional groups attached to an aromatic ring is 1. The van der Waals surface area contributed by atoms with Crippen molar-refractivity contribution in [1.29, 1.82) is 5.26 Å². The number of nitriles is 1. The van der Waals surface area contributed by atoms with Crippen molar-refractivity contribution in [1.82, 2.24) is 14.5 Å². The number of aliphatic hydroxyl groups excluding tert-OH is 3. The number of aromatic nitrogens is 3. The van der Waals surface area contributed by atoms with Gasteiger partial charge in [0.15, 0.2) is 6.23 Å². The van der Waals surface area contributed by atoms with E-state index in [2.05, 4.69) is 9.97 Å². The molecule has 1 aliphatic heterocycles. The lowest BCUT2D eigenvalue weighted by Crippen LogP contribution is -2.33. The first-order valence-corrected chi connectivity index (χ1v) is 6.22. The van der Waals surface area contributed by atoms with E-state index in [1.165, 1.54) is 17.1 Å². The van der Waals surface area contributed by atoms with Crippen LogP contribution in [-0.2, 0) is 4.74 Å². The molecule has 2 aromatic rings. The van der Waals surface area contributed by atoms with Gasteiger partial charge in [-0.15, -0.1) is 0 Å². The van der Waals surface area contributed by atoms with E-state index in [0.717, 1.165) is 0 Å². The van der Waals surface area contributed by atoms with Gasteiger partial charge in [-0.3, -0.25) is 0 Å². The Kier molecular flexibility index (Phi) is 3.23. The van der Waals surface area contributed by atoms with Crippen LogP contribution in [0.25, 0.3) is 11.0 Å². The molecule has 3 heterocycles. The van der Waals surface area contributed by atoms with Crippen LogP contribution >= 0.6 is 0 Å². The normalized spacial score (nSPS) is 28.9. The molecule has 0 amide bonds. The molecule has 0 saturated carbocycles. The highest BCUT2D eigenvalue weighted by Crippen LogP contribution is 2.34. The highest BCUT2D eigenvalue weighted by Gasteiger charge is 2.44. The summed E-state index contributed by atoms with van der Waals surface area (Å²) >= 11 is 0. The zero-order valence-electron chi connectivity index (χ0n) is 10.8. The van der Waals surface area contributed by atoms with Gasteiger partial charge in [-0.05, 0) is 0 Å². The highest BCUT2D eigenvalue weighted by atomic mass is 16.6. The van der Waals surface area contributed by atoms with Gasteiger partial charge in [0.1, 0.15) is 42.2 Å². The van der Waals surface area contributed by atoms with E-state index in [1.807, 2.05) is 6.07 Å². The molecule has 3 rings (SSSR count). The maximum atomic E-state index is 10.1. The fourth-order valence-corrected chi connectivity index (χ4v) is 2.50. The van der Waals surface area contributed by atoms with E-state index in [0.29, 0.717) is 11.0 Å². The average Bonchev–Trinajstić information content (AvgIpc) is 2.99. The van der Waals surface area contributed by atoms with Crippen LogP contribution in [0.2, 0.25) is 0 Å². The SMILES string of the molecule is N#Cc1cn([C@@H]2OC(CO)[C@@H](O)[C@@H]2O)c2ncnc(N)c12. The van der Waals surface area contributed by atoms with Crippen LogP contribution in [0.4, 0.5) is 5.82 Å². The van der Waals surface area contributed by atoms with Crippen LogP contribution in [0.3, 0.4) is 0 Å². The van der Waals surface area contributed by atoms with Gasteiger partial charge in [-0.1, -0.05) is 0 Å². The van der Waals surface area contributed by atoms with Gasteiger partial charge in [-0.25, -0.2) is 9.97 Å². The van der Waals surface area contributed by atoms with Crippen LogP contribution in [0, 0.1) is 11.3 Å². The van der Waals surface area contributed by atoms with E-state index in [9.17, 15) is 10.2 Å². The van der Waals surface area contributed by atoms with Crippen molar-refractivity contribution in [3.8, 4) is 6.07 Å². The van der Waals surface area contributed by atoms with Gasteiger partial charge in [0.05, 0.1) is 17.6 Å². The molecular formula is C12H13N5O4. The Labute approximate surface area is 118 Å². The van der Waals surface area contributed by atoms with E-state index < -0.39 is 31.1 Å². The van der Waals surface area contributed by atoms with Crippen molar-refractivity contribution in [2.75, 3.05) is 12.3 Å². The minimum Gasteiger partial charge on any atom is -0.394 e. The molecule has 110 valence electrons. The largest absolute Gasteiger partial charge is 0.394 e. The third-order valence-electron chi connectivity index (χ3n) is 3.55. The monoisotopic (exact) mass is 291 g/mol. The Balaban J connectivity index is 2.14. The summed E-state index contributed by atoms with van der Waals surface area (Å²) in [5, 5.41) is 38.5. The Morgan fingerprint density at radius 3 is 2.76 bits per heavy atom. The molecule has 0 aromatic carbocycles. The molecule has 0 radical (unpaired) electrons. The Morgan fingerprint density at radius 2 is 2.14 bits per heavy atom. The van der Waals surface area contributed by atoms with Gasteiger partial charge in [-0.2, -0.15) is 5.26 Å². The molecule has 0 bridgehead atoms. The van der Waals surface area contributed by atoms with E-state index in [1.54, 1.807) is 0 Å². The Morgan fingerprint density at radius 1 is 1.38 bits per heavy atom. The second kappa shape index (κ2) is 4.94. The molecule has 21 heavy (non-hydrogen) atoms. The smallest absolute Gasteiger partial charge is 0.164 e. The maximum Gasteiger partial charge on any atom is 0.164 e. The van der Waals surface area contributed by atoms with Gasteiger partial charge in [0.2, 0.25) is 0 Å². The van der Waals surface area contributed by atoms with Gasteiger partial charge >= 0.3 is 0 Å². The molecule has 0 aliphatic carbocycles. The van der Waals surface area contributed by atoms with Crippen LogP contribution < -0.4 is 5.73 Å². The molecule has 1 aliphatic rings. The summed E-state index contributed by atoms with van der Waals surface area (Å²) in [6.07, 6.45) is -1.72. The lowest BCUT2D eigenvalue weighted by Gasteiger charge is -2.17. The van der Waals surface area contributed by atoms with Crippen LogP contribution in [0.15, 0.2) is 12.5 Å². The topological polar surface area (TPSA) is 150 Å². The third kappa shape index (κ3) is 1.93. The first kappa shape index (κ1) is 13.7. The Hall–Kier alpha value is -2.25. The number of nitrogens with two attached hydrogens (primary N) is 1.